The van der Waals surface area contributed by atoms with E-state index in [0.29, 0.717) is 5.69 Å². The lowest BCUT2D eigenvalue weighted by Crippen LogP contribution is -2.02. The van der Waals surface area contributed by atoms with E-state index in [2.05, 4.69) is 15.1 Å². The molecular weight excluding hydrogens is 256 g/mol. The van der Waals surface area contributed by atoms with E-state index in [-0.39, 0.29) is 5.69 Å². The lowest BCUT2D eigenvalue weighted by Gasteiger charge is -2.05. The fourth-order valence-electron chi connectivity index (χ4n) is 1.96. The monoisotopic (exact) mass is 268 g/mol. The van der Waals surface area contributed by atoms with E-state index in [0.717, 1.165) is 16.9 Å². The average molecular weight is 268 g/mol. The summed E-state index contributed by atoms with van der Waals surface area (Å²) in [6, 6.07) is 7.13. The minimum atomic E-state index is -1.05. The molecule has 0 aliphatic carbocycles. The highest BCUT2D eigenvalue weighted by Gasteiger charge is 2.16. The molecule has 100 valence electrons. The van der Waals surface area contributed by atoms with Gasteiger partial charge in [0.05, 0.1) is 17.6 Å². The smallest absolute Gasteiger partial charge is 0.356 e. The number of hydrogen-bond acceptors (Lipinski definition) is 3. The topological polar surface area (TPSA) is 83.8 Å². The lowest BCUT2D eigenvalue weighted by molar-refractivity contribution is 0.0690. The summed E-state index contributed by atoms with van der Waals surface area (Å²) >= 11 is 0. The third-order valence-corrected chi connectivity index (χ3v) is 2.96. The maximum atomic E-state index is 11.1. The second-order valence-electron chi connectivity index (χ2n) is 4.39. The van der Waals surface area contributed by atoms with Crippen molar-refractivity contribution in [2.75, 3.05) is 0 Å². The van der Waals surface area contributed by atoms with Gasteiger partial charge >= 0.3 is 5.97 Å². The van der Waals surface area contributed by atoms with Crippen molar-refractivity contribution in [2.45, 2.75) is 6.92 Å². The predicted molar refractivity (Wildman–Crippen MR) is 72.8 cm³/mol. The summed E-state index contributed by atoms with van der Waals surface area (Å²) in [5, 5.41) is 13.2. The highest BCUT2D eigenvalue weighted by atomic mass is 16.4. The van der Waals surface area contributed by atoms with Gasteiger partial charge in [0.25, 0.3) is 0 Å². The van der Waals surface area contributed by atoms with Gasteiger partial charge in [0.15, 0.2) is 5.69 Å². The van der Waals surface area contributed by atoms with Crippen molar-refractivity contribution >= 4 is 5.97 Å². The largest absolute Gasteiger partial charge is 0.476 e. The molecule has 0 bridgehead atoms. The van der Waals surface area contributed by atoms with E-state index in [1.54, 1.807) is 29.3 Å². The van der Waals surface area contributed by atoms with Gasteiger partial charge in [-0.3, -0.25) is 4.98 Å². The lowest BCUT2D eigenvalue weighted by atomic mass is 10.2. The fraction of sp³-hybridized carbons (Fsp3) is 0.0714. The summed E-state index contributed by atoms with van der Waals surface area (Å²) in [5.41, 5.74) is 3.18. The molecule has 3 aromatic rings. The van der Waals surface area contributed by atoms with Crippen molar-refractivity contribution in [1.82, 2.24) is 19.7 Å². The summed E-state index contributed by atoms with van der Waals surface area (Å²) < 4.78 is 1.58. The number of rotatable bonds is 3. The Morgan fingerprint density at radius 3 is 2.80 bits per heavy atom. The van der Waals surface area contributed by atoms with Crippen LogP contribution in [-0.4, -0.2) is 30.8 Å². The predicted octanol–water partition coefficient (Wildman–Crippen LogP) is 2.27. The first-order valence-electron chi connectivity index (χ1n) is 6.05. The van der Waals surface area contributed by atoms with Crippen LogP contribution in [0.3, 0.4) is 0 Å². The molecule has 20 heavy (non-hydrogen) atoms. The number of H-pyrrole nitrogens is 1. The maximum absolute atomic E-state index is 11.1. The SMILES string of the molecule is Cc1ccc(-n2nc(C(=O)O)cc2-c2cc[nH]c2)cn1. The molecule has 3 aromatic heterocycles. The molecule has 0 amide bonds. The average Bonchev–Trinajstić information content (AvgIpc) is 3.08. The summed E-state index contributed by atoms with van der Waals surface area (Å²) in [4.78, 5) is 18.3. The molecule has 0 aliphatic rings. The normalized spacial score (nSPS) is 10.7. The molecule has 6 heteroatoms. The highest BCUT2D eigenvalue weighted by molar-refractivity contribution is 5.87. The van der Waals surface area contributed by atoms with E-state index < -0.39 is 5.97 Å². The molecule has 0 spiro atoms. The van der Waals surface area contributed by atoms with Crippen LogP contribution >= 0.6 is 0 Å². The molecule has 0 aliphatic heterocycles. The Hall–Kier alpha value is -2.89. The number of nitrogens with one attached hydrogen (secondary N) is 1. The minimum Gasteiger partial charge on any atom is -0.476 e. The van der Waals surface area contributed by atoms with E-state index in [1.807, 2.05) is 25.1 Å². The van der Waals surface area contributed by atoms with Gasteiger partial charge in [-0.25, -0.2) is 9.48 Å². The number of carbonyl (C=O) groups is 1. The zero-order chi connectivity index (χ0) is 14.1. The number of aromatic carboxylic acids is 1. The molecule has 0 saturated carbocycles. The van der Waals surface area contributed by atoms with Crippen molar-refractivity contribution in [3.8, 4) is 16.9 Å². The summed E-state index contributed by atoms with van der Waals surface area (Å²) in [7, 11) is 0. The number of carboxylic acid groups (broad SMARTS) is 1. The number of pyridine rings is 1. The molecular formula is C14H12N4O2. The molecule has 3 rings (SSSR count). The van der Waals surface area contributed by atoms with Crippen LogP contribution in [0.5, 0.6) is 0 Å². The molecule has 0 radical (unpaired) electrons. The first kappa shape index (κ1) is 12.2. The number of carboxylic acids is 1. The molecule has 0 atom stereocenters. The second-order valence-corrected chi connectivity index (χ2v) is 4.39. The van der Waals surface area contributed by atoms with Crippen molar-refractivity contribution in [1.29, 1.82) is 0 Å². The Labute approximate surface area is 114 Å². The Morgan fingerprint density at radius 1 is 1.35 bits per heavy atom. The van der Waals surface area contributed by atoms with Gasteiger partial charge in [-0.1, -0.05) is 0 Å². The van der Waals surface area contributed by atoms with Gasteiger partial charge in [0.1, 0.15) is 0 Å². The van der Waals surface area contributed by atoms with Crippen molar-refractivity contribution < 1.29 is 9.90 Å². The van der Waals surface area contributed by atoms with Gasteiger partial charge in [-0.15, -0.1) is 0 Å². The molecule has 2 N–H and O–H groups in total. The minimum absolute atomic E-state index is 0.00164. The molecule has 3 heterocycles. The molecule has 6 nitrogen and oxygen atoms in total. The van der Waals surface area contributed by atoms with E-state index in [4.69, 9.17) is 5.11 Å². The van der Waals surface area contributed by atoms with Crippen LogP contribution in [0.15, 0.2) is 42.9 Å². The van der Waals surface area contributed by atoms with Crippen LogP contribution in [-0.2, 0) is 0 Å². The summed E-state index contributed by atoms with van der Waals surface area (Å²) in [5.74, 6) is -1.05. The number of nitrogens with zero attached hydrogens (tertiary/aromatic N) is 3. The van der Waals surface area contributed by atoms with Gasteiger partial charge in [0.2, 0.25) is 0 Å². The van der Waals surface area contributed by atoms with Crippen molar-refractivity contribution in [3.63, 3.8) is 0 Å². The van der Waals surface area contributed by atoms with Crippen LogP contribution in [0.25, 0.3) is 16.9 Å². The van der Waals surface area contributed by atoms with E-state index >= 15 is 0 Å². The quantitative estimate of drug-likeness (QED) is 0.763. The molecule has 0 saturated heterocycles. The fourth-order valence-corrected chi connectivity index (χ4v) is 1.96. The van der Waals surface area contributed by atoms with Crippen LogP contribution in [0, 0.1) is 6.92 Å². The number of aromatic nitrogens is 4. The number of aryl methyl sites for hydroxylation is 1. The second kappa shape index (κ2) is 4.65. The number of aromatic amines is 1. The first-order valence-corrected chi connectivity index (χ1v) is 6.05. The van der Waals surface area contributed by atoms with Crippen LogP contribution in [0.2, 0.25) is 0 Å². The Bertz CT molecular complexity index is 742. The van der Waals surface area contributed by atoms with Crippen LogP contribution < -0.4 is 0 Å². The molecule has 0 unspecified atom stereocenters. The maximum Gasteiger partial charge on any atom is 0.356 e. The Kier molecular flexibility index (Phi) is 2.83. The van der Waals surface area contributed by atoms with Gasteiger partial charge < -0.3 is 10.1 Å². The number of hydrogen-bond donors (Lipinski definition) is 2. The summed E-state index contributed by atoms with van der Waals surface area (Å²) in [6.45, 7) is 1.89. The van der Waals surface area contributed by atoms with Gasteiger partial charge in [-0.05, 0) is 31.2 Å². The zero-order valence-corrected chi connectivity index (χ0v) is 10.7. The molecule has 0 aromatic carbocycles. The first-order chi connectivity index (χ1) is 9.65. The van der Waals surface area contributed by atoms with Crippen molar-refractivity contribution in [3.05, 3.63) is 54.2 Å². The third-order valence-electron chi connectivity index (χ3n) is 2.96. The van der Waals surface area contributed by atoms with E-state index in [1.165, 1.54) is 0 Å². The summed E-state index contributed by atoms with van der Waals surface area (Å²) in [6.07, 6.45) is 5.24. The van der Waals surface area contributed by atoms with Crippen molar-refractivity contribution in [2.24, 2.45) is 0 Å². The van der Waals surface area contributed by atoms with Gasteiger partial charge in [0, 0.05) is 23.7 Å². The zero-order valence-electron chi connectivity index (χ0n) is 10.7. The Balaban J connectivity index is 2.18. The highest BCUT2D eigenvalue weighted by Crippen LogP contribution is 2.23. The van der Waals surface area contributed by atoms with Crippen LogP contribution in [0.4, 0.5) is 0 Å². The standard InChI is InChI=1S/C14H12N4O2/c1-9-2-3-11(8-16-9)18-13(10-4-5-15-7-10)6-12(17-18)14(19)20/h2-8,15H,1H3,(H,19,20). The van der Waals surface area contributed by atoms with Gasteiger partial charge in [-0.2, -0.15) is 5.10 Å². The third kappa shape index (κ3) is 2.07. The molecule has 0 fully saturated rings. The van der Waals surface area contributed by atoms with Crippen LogP contribution in [0.1, 0.15) is 16.2 Å². The Morgan fingerprint density at radius 2 is 2.20 bits per heavy atom. The van der Waals surface area contributed by atoms with E-state index in [9.17, 15) is 4.79 Å².